The summed E-state index contributed by atoms with van der Waals surface area (Å²) in [5, 5.41) is 13.9. The lowest BCUT2D eigenvalue weighted by atomic mass is 9.78. The maximum absolute atomic E-state index is 11.6. The van der Waals surface area contributed by atoms with Crippen LogP contribution in [0.2, 0.25) is 0 Å². The normalized spacial score (nSPS) is 25.7. The highest BCUT2D eigenvalue weighted by Crippen LogP contribution is 2.42. The van der Waals surface area contributed by atoms with Gasteiger partial charge >= 0.3 is 11.9 Å². The molecule has 4 aliphatic carbocycles. The molecular weight excluding hydrogens is 761 g/mol. The molecule has 4 aromatic rings. The molecule has 326 valence electrons. The molecule has 2 heterocycles. The Hall–Kier alpha value is -4.14. The molecule has 10 rings (SSSR count). The molecule has 4 saturated carbocycles. The van der Waals surface area contributed by atoms with E-state index in [9.17, 15) is 9.59 Å². The first-order valence-electron chi connectivity index (χ1n) is 24.0. The van der Waals surface area contributed by atoms with Crippen LogP contribution in [-0.4, -0.2) is 72.3 Å². The maximum Gasteiger partial charge on any atom is 0.311 e. The number of ether oxygens (including phenoxy) is 3. The summed E-state index contributed by atoms with van der Waals surface area (Å²) in [6.45, 7) is 4.57. The predicted molar refractivity (Wildman–Crippen MR) is 242 cm³/mol. The zero-order chi connectivity index (χ0) is 41.7. The molecule has 8 heteroatoms. The van der Waals surface area contributed by atoms with E-state index in [0.717, 1.165) is 61.3 Å². The van der Waals surface area contributed by atoms with Crippen LogP contribution < -0.4 is 9.47 Å². The molecule has 0 unspecified atom stereocenters. The predicted octanol–water partition coefficient (Wildman–Crippen LogP) is 11.1. The fraction of sp³-hybridized carbons (Fsp3) is 0.585. The van der Waals surface area contributed by atoms with Gasteiger partial charge in [0.1, 0.15) is 11.5 Å². The third kappa shape index (κ3) is 10.2. The Morgan fingerprint density at radius 1 is 0.541 bits per heavy atom. The van der Waals surface area contributed by atoms with Gasteiger partial charge in [0.15, 0.2) is 0 Å². The number of hydrogen-bond donors (Lipinski definition) is 1. The van der Waals surface area contributed by atoms with E-state index in [1.165, 1.54) is 143 Å². The van der Waals surface area contributed by atoms with Crippen molar-refractivity contribution in [1.82, 2.24) is 9.80 Å². The summed E-state index contributed by atoms with van der Waals surface area (Å²) < 4.78 is 17.9. The molecule has 0 spiro atoms. The largest absolute Gasteiger partial charge is 0.490 e. The van der Waals surface area contributed by atoms with Crippen molar-refractivity contribution in [3.63, 3.8) is 0 Å². The summed E-state index contributed by atoms with van der Waals surface area (Å²) in [5.74, 6) is 4.97. The van der Waals surface area contributed by atoms with Crippen molar-refractivity contribution in [3.8, 4) is 11.5 Å². The molecule has 6 aliphatic rings. The van der Waals surface area contributed by atoms with E-state index in [0.29, 0.717) is 25.3 Å². The number of methoxy groups -OCH3 is 1. The minimum absolute atomic E-state index is 0.0363. The van der Waals surface area contributed by atoms with Crippen LogP contribution in [-0.2, 0) is 27.4 Å². The molecule has 61 heavy (non-hydrogen) atoms. The number of benzene rings is 4. The number of carbonyl (C=O) groups is 2. The summed E-state index contributed by atoms with van der Waals surface area (Å²) in [5.41, 5.74) is 2.52. The van der Waals surface area contributed by atoms with Crippen LogP contribution in [0.3, 0.4) is 0 Å². The van der Waals surface area contributed by atoms with E-state index in [2.05, 4.69) is 82.6 Å². The summed E-state index contributed by atoms with van der Waals surface area (Å²) in [4.78, 5) is 27.1. The zero-order valence-corrected chi connectivity index (χ0v) is 36.5. The van der Waals surface area contributed by atoms with Gasteiger partial charge in [0.2, 0.25) is 0 Å². The Labute approximate surface area is 363 Å². The first kappa shape index (κ1) is 42.2. The van der Waals surface area contributed by atoms with Crippen molar-refractivity contribution >= 4 is 33.5 Å². The molecule has 1 N–H and O–H groups in total. The lowest BCUT2D eigenvalue weighted by Gasteiger charge is -2.37. The van der Waals surface area contributed by atoms with Gasteiger partial charge in [-0.05, 0) is 121 Å². The first-order valence-corrected chi connectivity index (χ1v) is 24.0. The number of esters is 1. The summed E-state index contributed by atoms with van der Waals surface area (Å²) in [7, 11) is 1.47. The van der Waals surface area contributed by atoms with Gasteiger partial charge in [-0.1, -0.05) is 99.9 Å². The third-order valence-electron chi connectivity index (χ3n) is 15.6. The van der Waals surface area contributed by atoms with E-state index in [1.54, 1.807) is 0 Å². The van der Waals surface area contributed by atoms with Crippen molar-refractivity contribution in [1.29, 1.82) is 0 Å². The second-order valence-electron chi connectivity index (χ2n) is 19.7. The third-order valence-corrected chi connectivity index (χ3v) is 15.6. The average Bonchev–Trinajstić information content (AvgIpc) is 4.00. The van der Waals surface area contributed by atoms with Gasteiger partial charge in [-0.15, -0.1) is 0 Å². The molecule has 0 bridgehead atoms. The Bertz CT molecular complexity index is 2100. The summed E-state index contributed by atoms with van der Waals surface area (Å²) in [6.07, 6.45) is 22.4. The van der Waals surface area contributed by atoms with Gasteiger partial charge in [-0.25, -0.2) is 0 Å². The number of likely N-dealkylation sites (tertiary alicyclic amines) is 2. The second-order valence-corrected chi connectivity index (χ2v) is 19.7. The van der Waals surface area contributed by atoms with Gasteiger partial charge in [-0.2, -0.15) is 0 Å². The monoisotopic (exact) mass is 829 g/mol. The number of nitrogens with zero attached hydrogens (tertiary/aromatic N) is 2. The standard InChI is InChI=1S/C27H35NO3.C26H33NO3/c1-30-27(29)23-17-28(18-23)16-19-9-14-25-22(15-19)7-4-8-26(25)31-24-12-10-21(11-13-24)20-5-2-3-6-20;28-26(29)22-16-27(17-22)15-18-8-13-24-21(14-18)6-3-7-25(24)30-23-11-9-20(10-12-23)19-4-1-2-5-19/h4,7-9,14-15,20-21,23-24H,2-3,5-6,10-13,16-18H2,1H3;3,6-8,13-14,19-20,22-23H,1-2,4-5,9-12,15-17H2,(H,28,29). The SMILES string of the molecule is COC(=O)C1CN(Cc2ccc3c(OC4CCC(C5CCCC5)CC4)cccc3c2)C1.O=C(O)C1CN(Cc2ccc3c(OC4CCC(C5CCCC5)CC4)cccc3c2)C1. The van der Waals surface area contributed by atoms with Crippen LogP contribution in [0.4, 0.5) is 0 Å². The number of carboxylic acids is 1. The highest BCUT2D eigenvalue weighted by atomic mass is 16.5. The smallest absolute Gasteiger partial charge is 0.311 e. The molecule has 0 atom stereocenters. The zero-order valence-electron chi connectivity index (χ0n) is 36.5. The topological polar surface area (TPSA) is 88.5 Å². The van der Waals surface area contributed by atoms with Crippen molar-refractivity contribution < 1.29 is 28.9 Å². The van der Waals surface area contributed by atoms with E-state index >= 15 is 0 Å². The summed E-state index contributed by atoms with van der Waals surface area (Å²) >= 11 is 0. The fourth-order valence-corrected chi connectivity index (χ4v) is 12.0. The highest BCUT2D eigenvalue weighted by Gasteiger charge is 2.35. The van der Waals surface area contributed by atoms with Crippen LogP contribution in [0, 0.1) is 35.5 Å². The average molecular weight is 829 g/mol. The number of aliphatic carboxylic acids is 1. The first-order chi connectivity index (χ1) is 29.8. The maximum atomic E-state index is 11.6. The molecule has 2 saturated heterocycles. The van der Waals surface area contributed by atoms with Gasteiger partial charge in [0.25, 0.3) is 0 Å². The molecule has 0 radical (unpaired) electrons. The number of carbonyl (C=O) groups excluding carboxylic acids is 1. The highest BCUT2D eigenvalue weighted by molar-refractivity contribution is 5.89. The lowest BCUT2D eigenvalue weighted by molar-refractivity contribution is -0.151. The Kier molecular flexibility index (Phi) is 13.5. The number of carboxylic acid groups (broad SMARTS) is 1. The Morgan fingerprint density at radius 3 is 1.36 bits per heavy atom. The number of rotatable bonds is 12. The Balaban J connectivity index is 0.000000156. The molecule has 0 amide bonds. The van der Waals surface area contributed by atoms with Crippen LogP contribution >= 0.6 is 0 Å². The Morgan fingerprint density at radius 2 is 0.951 bits per heavy atom. The molecular formula is C53H68N2O6. The van der Waals surface area contributed by atoms with Crippen molar-refractivity contribution in [2.75, 3.05) is 33.3 Å². The fourth-order valence-electron chi connectivity index (χ4n) is 12.0. The minimum Gasteiger partial charge on any atom is -0.490 e. The van der Waals surface area contributed by atoms with Crippen molar-refractivity contribution in [3.05, 3.63) is 83.9 Å². The van der Waals surface area contributed by atoms with Crippen LogP contribution in [0.5, 0.6) is 11.5 Å². The lowest BCUT2D eigenvalue weighted by Crippen LogP contribution is -2.49. The van der Waals surface area contributed by atoms with Crippen LogP contribution in [0.1, 0.15) is 114 Å². The van der Waals surface area contributed by atoms with Crippen LogP contribution in [0.15, 0.2) is 72.8 Å². The van der Waals surface area contributed by atoms with E-state index < -0.39 is 5.97 Å². The molecule has 0 aromatic heterocycles. The van der Waals surface area contributed by atoms with Crippen molar-refractivity contribution in [2.45, 2.75) is 128 Å². The quantitative estimate of drug-likeness (QED) is 0.141. The minimum atomic E-state index is -0.677. The van der Waals surface area contributed by atoms with Gasteiger partial charge < -0.3 is 19.3 Å². The van der Waals surface area contributed by atoms with E-state index in [1.807, 2.05) is 0 Å². The van der Waals surface area contributed by atoms with Gasteiger partial charge in [-0.3, -0.25) is 19.4 Å². The van der Waals surface area contributed by atoms with Crippen molar-refractivity contribution in [2.24, 2.45) is 35.5 Å². The van der Waals surface area contributed by atoms with Crippen LogP contribution in [0.25, 0.3) is 21.5 Å². The van der Waals surface area contributed by atoms with Gasteiger partial charge in [0.05, 0.1) is 31.2 Å². The summed E-state index contributed by atoms with van der Waals surface area (Å²) in [6, 6.07) is 26.0. The molecule has 8 nitrogen and oxygen atoms in total. The molecule has 6 fully saturated rings. The molecule has 4 aromatic carbocycles. The number of hydrogen-bond acceptors (Lipinski definition) is 7. The van der Waals surface area contributed by atoms with E-state index in [4.69, 9.17) is 19.3 Å². The molecule has 2 aliphatic heterocycles. The number of fused-ring (bicyclic) bond motifs is 2. The second kappa shape index (κ2) is 19.5. The van der Waals surface area contributed by atoms with E-state index in [-0.39, 0.29) is 17.8 Å². The van der Waals surface area contributed by atoms with Gasteiger partial charge in [0, 0.05) is 50.0 Å².